The molecule has 7 heteroatoms. The van der Waals surface area contributed by atoms with Crippen LogP contribution >= 0.6 is 0 Å². The van der Waals surface area contributed by atoms with Crippen molar-refractivity contribution in [2.24, 2.45) is 5.73 Å². The van der Waals surface area contributed by atoms with E-state index in [1.807, 2.05) is 54.6 Å². The molecule has 1 aliphatic rings. The summed E-state index contributed by atoms with van der Waals surface area (Å²) in [6.45, 7) is 1.31. The summed E-state index contributed by atoms with van der Waals surface area (Å²) in [5.74, 6) is 1.42. The number of pyridine rings is 1. The van der Waals surface area contributed by atoms with Crippen LogP contribution in [0, 0.1) is 5.41 Å². The SMILES string of the molecule is N=C(N)c1c(N)cc(C2CCN(C=O)C2)nc1-c1ccc(Oc2ccccc2)cc1. The molecule has 2 aromatic carbocycles. The highest BCUT2D eigenvalue weighted by molar-refractivity contribution is 6.05. The first-order valence-electron chi connectivity index (χ1n) is 9.72. The van der Waals surface area contributed by atoms with Gasteiger partial charge in [-0.25, -0.2) is 0 Å². The van der Waals surface area contributed by atoms with Crippen LogP contribution in [0.2, 0.25) is 0 Å². The highest BCUT2D eigenvalue weighted by Gasteiger charge is 2.26. The highest BCUT2D eigenvalue weighted by atomic mass is 16.5. The number of nitrogens with two attached hydrogens (primary N) is 2. The molecule has 5 N–H and O–H groups in total. The van der Waals surface area contributed by atoms with Crippen LogP contribution in [0.4, 0.5) is 5.69 Å². The first-order valence-corrected chi connectivity index (χ1v) is 9.72. The number of anilines is 1. The van der Waals surface area contributed by atoms with Gasteiger partial charge in [0.05, 0.1) is 11.3 Å². The van der Waals surface area contributed by atoms with E-state index in [1.54, 1.807) is 11.0 Å². The maximum atomic E-state index is 11.1. The van der Waals surface area contributed by atoms with Crippen LogP contribution in [-0.4, -0.2) is 35.2 Å². The first kappa shape index (κ1) is 19.4. The number of carbonyl (C=O) groups is 1. The molecule has 1 fully saturated rings. The van der Waals surface area contributed by atoms with Crippen LogP contribution < -0.4 is 16.2 Å². The van der Waals surface area contributed by atoms with Gasteiger partial charge >= 0.3 is 0 Å². The second-order valence-electron chi connectivity index (χ2n) is 7.30. The van der Waals surface area contributed by atoms with Gasteiger partial charge in [0.1, 0.15) is 17.3 Å². The Kier molecular flexibility index (Phi) is 5.34. The van der Waals surface area contributed by atoms with Gasteiger partial charge in [0.2, 0.25) is 6.41 Å². The molecule has 7 nitrogen and oxygen atoms in total. The van der Waals surface area contributed by atoms with Crippen molar-refractivity contribution in [2.45, 2.75) is 12.3 Å². The number of nitrogens with one attached hydrogen (secondary N) is 1. The van der Waals surface area contributed by atoms with E-state index in [-0.39, 0.29) is 11.8 Å². The fraction of sp³-hybridized carbons (Fsp3) is 0.174. The van der Waals surface area contributed by atoms with Crippen molar-refractivity contribution in [1.29, 1.82) is 5.41 Å². The number of likely N-dealkylation sites (tertiary alicyclic amines) is 1. The number of amides is 1. The summed E-state index contributed by atoms with van der Waals surface area (Å²) in [6.07, 6.45) is 1.69. The molecule has 0 spiro atoms. The fourth-order valence-electron chi connectivity index (χ4n) is 3.72. The molecule has 1 amide bonds. The van der Waals surface area contributed by atoms with Crippen molar-refractivity contribution in [3.8, 4) is 22.8 Å². The van der Waals surface area contributed by atoms with Crippen molar-refractivity contribution in [2.75, 3.05) is 18.8 Å². The third-order valence-corrected chi connectivity index (χ3v) is 5.23. The van der Waals surface area contributed by atoms with Gasteiger partial charge in [-0.15, -0.1) is 0 Å². The van der Waals surface area contributed by atoms with E-state index >= 15 is 0 Å². The summed E-state index contributed by atoms with van der Waals surface area (Å²) >= 11 is 0. The van der Waals surface area contributed by atoms with Crippen molar-refractivity contribution in [3.63, 3.8) is 0 Å². The van der Waals surface area contributed by atoms with Gasteiger partial charge in [-0.05, 0) is 48.9 Å². The third-order valence-electron chi connectivity index (χ3n) is 5.23. The molecule has 4 rings (SSSR count). The van der Waals surface area contributed by atoms with Crippen LogP contribution in [0.15, 0.2) is 60.7 Å². The van der Waals surface area contributed by atoms with E-state index in [9.17, 15) is 4.79 Å². The lowest BCUT2D eigenvalue weighted by Gasteiger charge is -2.17. The van der Waals surface area contributed by atoms with E-state index in [2.05, 4.69) is 0 Å². The number of hydrogen-bond donors (Lipinski definition) is 3. The summed E-state index contributed by atoms with van der Waals surface area (Å²) in [4.78, 5) is 17.6. The lowest BCUT2D eigenvalue weighted by Crippen LogP contribution is -2.19. The highest BCUT2D eigenvalue weighted by Crippen LogP contribution is 2.33. The van der Waals surface area contributed by atoms with Gasteiger partial charge in [0.15, 0.2) is 0 Å². The van der Waals surface area contributed by atoms with Crippen molar-refractivity contribution >= 4 is 17.9 Å². The van der Waals surface area contributed by atoms with Gasteiger partial charge in [-0.3, -0.25) is 15.2 Å². The number of amidine groups is 1. The van der Waals surface area contributed by atoms with Crippen molar-refractivity contribution in [3.05, 3.63) is 71.9 Å². The van der Waals surface area contributed by atoms with Crippen LogP contribution in [0.1, 0.15) is 23.6 Å². The number of aromatic nitrogens is 1. The van der Waals surface area contributed by atoms with Crippen molar-refractivity contribution in [1.82, 2.24) is 9.88 Å². The Labute approximate surface area is 174 Å². The molecule has 152 valence electrons. The van der Waals surface area contributed by atoms with E-state index in [1.165, 1.54) is 0 Å². The summed E-state index contributed by atoms with van der Waals surface area (Å²) in [5, 5.41) is 7.98. The standard InChI is InChI=1S/C23H23N5O2/c24-19-12-20(16-10-11-28(13-16)14-29)27-22(21(19)23(25)26)15-6-8-18(9-7-15)30-17-4-2-1-3-5-17/h1-9,12,14,16H,10-11,13H2,(H2,24,27)(H3,25,26). The normalized spacial score (nSPS) is 15.7. The Bertz CT molecular complexity index is 1070. The molecule has 30 heavy (non-hydrogen) atoms. The Balaban J connectivity index is 1.68. The Morgan fingerprint density at radius 1 is 1.13 bits per heavy atom. The number of rotatable bonds is 6. The molecule has 0 bridgehead atoms. The molecule has 1 saturated heterocycles. The van der Waals surface area contributed by atoms with Crippen LogP contribution in [0.25, 0.3) is 11.3 Å². The van der Waals surface area contributed by atoms with Crippen LogP contribution in [-0.2, 0) is 4.79 Å². The maximum absolute atomic E-state index is 11.1. The number of para-hydroxylation sites is 1. The van der Waals surface area contributed by atoms with Gasteiger partial charge in [-0.1, -0.05) is 18.2 Å². The van der Waals surface area contributed by atoms with E-state index in [4.69, 9.17) is 26.6 Å². The Morgan fingerprint density at radius 2 is 1.83 bits per heavy atom. The summed E-state index contributed by atoms with van der Waals surface area (Å²) < 4.78 is 5.85. The fourth-order valence-corrected chi connectivity index (χ4v) is 3.72. The topological polar surface area (TPSA) is 118 Å². The minimum atomic E-state index is -0.132. The average molecular weight is 401 g/mol. The van der Waals surface area contributed by atoms with Gasteiger partial charge in [0, 0.05) is 36.0 Å². The predicted molar refractivity (Wildman–Crippen MR) is 117 cm³/mol. The summed E-state index contributed by atoms with van der Waals surface area (Å²) in [6, 6.07) is 18.8. The molecule has 0 radical (unpaired) electrons. The van der Waals surface area contributed by atoms with Crippen molar-refractivity contribution < 1.29 is 9.53 Å². The number of nitrogen functional groups attached to an aromatic ring is 2. The number of benzene rings is 2. The van der Waals surface area contributed by atoms with Gasteiger partial charge < -0.3 is 21.1 Å². The Morgan fingerprint density at radius 3 is 2.47 bits per heavy atom. The van der Waals surface area contributed by atoms with Crippen LogP contribution in [0.3, 0.4) is 0 Å². The second kappa shape index (κ2) is 8.24. The van der Waals surface area contributed by atoms with Gasteiger partial charge in [0.25, 0.3) is 0 Å². The average Bonchev–Trinajstić information content (AvgIpc) is 3.23. The first-order chi connectivity index (χ1) is 14.5. The molecular formula is C23H23N5O2. The molecule has 0 saturated carbocycles. The lowest BCUT2D eigenvalue weighted by atomic mass is 9.98. The predicted octanol–water partition coefficient (Wildman–Crippen LogP) is 3.35. The zero-order valence-corrected chi connectivity index (χ0v) is 16.4. The minimum absolute atomic E-state index is 0.109. The summed E-state index contributed by atoms with van der Waals surface area (Å²) in [5.41, 5.74) is 15.1. The van der Waals surface area contributed by atoms with E-state index in [0.29, 0.717) is 35.8 Å². The molecular weight excluding hydrogens is 378 g/mol. The third kappa shape index (κ3) is 3.96. The minimum Gasteiger partial charge on any atom is -0.457 e. The van der Waals surface area contributed by atoms with E-state index in [0.717, 1.165) is 29.8 Å². The van der Waals surface area contributed by atoms with E-state index < -0.39 is 0 Å². The zero-order chi connectivity index (χ0) is 21.1. The smallest absolute Gasteiger partial charge is 0.209 e. The molecule has 1 atom stereocenters. The van der Waals surface area contributed by atoms with Crippen LogP contribution in [0.5, 0.6) is 11.5 Å². The molecule has 3 aromatic rings. The largest absolute Gasteiger partial charge is 0.457 e. The number of hydrogen-bond acceptors (Lipinski definition) is 5. The second-order valence-corrected chi connectivity index (χ2v) is 7.30. The number of carbonyl (C=O) groups excluding carboxylic acids is 1. The molecule has 1 unspecified atom stereocenters. The molecule has 1 aliphatic heterocycles. The quantitative estimate of drug-likeness (QED) is 0.332. The molecule has 2 heterocycles. The number of ether oxygens (including phenoxy) is 1. The van der Waals surface area contributed by atoms with Gasteiger partial charge in [-0.2, -0.15) is 0 Å². The molecule has 1 aromatic heterocycles. The zero-order valence-electron chi connectivity index (χ0n) is 16.4. The maximum Gasteiger partial charge on any atom is 0.209 e. The Hall–Kier alpha value is -3.87. The number of nitrogens with zero attached hydrogens (tertiary/aromatic N) is 2. The lowest BCUT2D eigenvalue weighted by molar-refractivity contribution is -0.117. The molecule has 0 aliphatic carbocycles. The summed E-state index contributed by atoms with van der Waals surface area (Å²) in [7, 11) is 0. The monoisotopic (exact) mass is 401 g/mol.